The van der Waals surface area contributed by atoms with Crippen LogP contribution in [-0.4, -0.2) is 17.7 Å². The molecule has 0 aliphatic heterocycles. The van der Waals surface area contributed by atoms with Crippen molar-refractivity contribution in [2.75, 3.05) is 6.61 Å². The van der Waals surface area contributed by atoms with Gasteiger partial charge in [-0.1, -0.05) is 41.5 Å². The van der Waals surface area contributed by atoms with E-state index in [-0.39, 0.29) is 35.6 Å². The molecular weight excluding hydrogens is 326 g/mol. The molecule has 1 rings (SSSR count). The van der Waals surface area contributed by atoms with Crippen molar-refractivity contribution in [2.45, 2.75) is 71.8 Å². The number of carbonyl (C=O) groups excluding carboxylic acids is 1. The fourth-order valence-electron chi connectivity index (χ4n) is 2.53. The summed E-state index contributed by atoms with van der Waals surface area (Å²) < 4.78 is 4.98. The second kappa shape index (κ2) is 8.21. The highest BCUT2D eigenvalue weighted by Crippen LogP contribution is 2.40. The number of esters is 1. The molecule has 0 bridgehead atoms. The van der Waals surface area contributed by atoms with Crippen molar-refractivity contribution in [1.82, 2.24) is 0 Å². The molecule has 0 aliphatic carbocycles. The van der Waals surface area contributed by atoms with E-state index in [0.717, 1.165) is 16.7 Å². The van der Waals surface area contributed by atoms with Crippen LogP contribution in [0, 0.1) is 0 Å². The van der Waals surface area contributed by atoms with Gasteiger partial charge in [-0.25, -0.2) is 0 Å². The molecule has 0 aliphatic rings. The number of carbonyl (C=O) groups is 1. The first-order chi connectivity index (χ1) is 10.4. The maximum absolute atomic E-state index is 11.7. The average molecular weight is 358 g/mol. The molecule has 1 atom stereocenters. The molecular formula is C19H32ClNO3. The van der Waals surface area contributed by atoms with Gasteiger partial charge in [-0.2, -0.15) is 0 Å². The Hall–Kier alpha value is -1.26. The minimum Gasteiger partial charge on any atom is -0.507 e. The second-order valence-corrected chi connectivity index (χ2v) is 8.08. The Morgan fingerprint density at radius 3 is 1.88 bits per heavy atom. The van der Waals surface area contributed by atoms with E-state index < -0.39 is 6.04 Å². The van der Waals surface area contributed by atoms with Gasteiger partial charge >= 0.3 is 5.97 Å². The molecule has 4 nitrogen and oxygen atoms in total. The normalized spacial score (nSPS) is 13.2. The van der Waals surface area contributed by atoms with Gasteiger partial charge in [0.25, 0.3) is 0 Å². The summed E-state index contributed by atoms with van der Waals surface area (Å²) in [6.07, 6.45) is 0.131. The third-order valence-corrected chi connectivity index (χ3v) is 3.87. The molecule has 138 valence electrons. The molecule has 0 saturated heterocycles. The van der Waals surface area contributed by atoms with Crippen molar-refractivity contribution in [3.8, 4) is 5.75 Å². The van der Waals surface area contributed by atoms with Crippen LogP contribution in [0.4, 0.5) is 0 Å². The van der Waals surface area contributed by atoms with E-state index >= 15 is 0 Å². The third-order valence-electron chi connectivity index (χ3n) is 3.87. The van der Waals surface area contributed by atoms with Gasteiger partial charge in [0.05, 0.1) is 13.0 Å². The molecule has 0 saturated carbocycles. The highest BCUT2D eigenvalue weighted by Gasteiger charge is 2.28. The van der Waals surface area contributed by atoms with Crippen molar-refractivity contribution in [3.05, 3.63) is 28.8 Å². The lowest BCUT2D eigenvalue weighted by molar-refractivity contribution is -0.143. The molecule has 24 heavy (non-hydrogen) atoms. The largest absolute Gasteiger partial charge is 0.507 e. The summed E-state index contributed by atoms with van der Waals surface area (Å²) in [5, 5.41) is 10.7. The molecule has 1 aromatic carbocycles. The van der Waals surface area contributed by atoms with E-state index in [9.17, 15) is 9.90 Å². The summed E-state index contributed by atoms with van der Waals surface area (Å²) in [6, 6.07) is 3.37. The monoisotopic (exact) mass is 357 g/mol. The molecule has 0 radical (unpaired) electrons. The Kier molecular flexibility index (Phi) is 7.78. The van der Waals surface area contributed by atoms with Gasteiger partial charge in [0.1, 0.15) is 5.75 Å². The van der Waals surface area contributed by atoms with Crippen LogP contribution in [-0.2, 0) is 20.4 Å². The van der Waals surface area contributed by atoms with Crippen LogP contribution in [0.15, 0.2) is 12.1 Å². The molecule has 0 heterocycles. The predicted molar refractivity (Wildman–Crippen MR) is 101 cm³/mol. The van der Waals surface area contributed by atoms with E-state index in [4.69, 9.17) is 10.5 Å². The van der Waals surface area contributed by atoms with Gasteiger partial charge in [-0.15, -0.1) is 12.4 Å². The standard InChI is InChI=1S/C19H31NO3.ClH/c1-8-23-16(21)11-15(20)12-9-13(18(2,3)4)17(22)14(10-12)19(5,6)7;/h9-10,15,22H,8,11,20H2,1-7H3;1H/t15-;/m1./s1. The van der Waals surface area contributed by atoms with Crippen LogP contribution in [0.25, 0.3) is 0 Å². The highest BCUT2D eigenvalue weighted by atomic mass is 35.5. The van der Waals surface area contributed by atoms with Crippen LogP contribution < -0.4 is 5.73 Å². The molecule has 1 aromatic rings. The fraction of sp³-hybridized carbons (Fsp3) is 0.632. The molecule has 0 spiro atoms. The first-order valence-corrected chi connectivity index (χ1v) is 8.17. The van der Waals surface area contributed by atoms with E-state index in [1.54, 1.807) is 6.92 Å². The van der Waals surface area contributed by atoms with Gasteiger partial charge in [0.2, 0.25) is 0 Å². The number of halogens is 1. The number of phenols is 1. The SMILES string of the molecule is CCOC(=O)C[C@@H](N)c1cc(C(C)(C)C)c(O)c(C(C)(C)C)c1.Cl. The topological polar surface area (TPSA) is 72.5 Å². The first kappa shape index (κ1) is 22.7. The Morgan fingerprint density at radius 2 is 1.54 bits per heavy atom. The summed E-state index contributed by atoms with van der Waals surface area (Å²) in [7, 11) is 0. The predicted octanol–water partition coefficient (Wildman–Crippen LogP) is 4.36. The van der Waals surface area contributed by atoms with Crippen molar-refractivity contribution < 1.29 is 14.6 Å². The zero-order valence-electron chi connectivity index (χ0n) is 15.9. The zero-order valence-corrected chi connectivity index (χ0v) is 16.7. The molecule has 5 heteroatoms. The summed E-state index contributed by atoms with van der Waals surface area (Å²) >= 11 is 0. The van der Waals surface area contributed by atoms with Crippen LogP contribution in [0.1, 0.15) is 77.6 Å². The molecule has 0 unspecified atom stereocenters. The van der Waals surface area contributed by atoms with E-state index in [2.05, 4.69) is 41.5 Å². The molecule has 0 fully saturated rings. The third kappa shape index (κ3) is 5.67. The Morgan fingerprint density at radius 1 is 1.12 bits per heavy atom. The van der Waals surface area contributed by atoms with E-state index in [1.165, 1.54) is 0 Å². The lowest BCUT2D eigenvalue weighted by Gasteiger charge is -2.29. The highest BCUT2D eigenvalue weighted by molar-refractivity contribution is 5.85. The van der Waals surface area contributed by atoms with Crippen LogP contribution in [0.3, 0.4) is 0 Å². The first-order valence-electron chi connectivity index (χ1n) is 8.17. The van der Waals surface area contributed by atoms with E-state index in [1.807, 2.05) is 12.1 Å². The summed E-state index contributed by atoms with van der Waals surface area (Å²) in [5.41, 5.74) is 8.33. The van der Waals surface area contributed by atoms with Gasteiger partial charge in [0.15, 0.2) is 0 Å². The van der Waals surface area contributed by atoms with Crippen molar-refractivity contribution in [2.24, 2.45) is 5.73 Å². The number of nitrogens with two attached hydrogens (primary N) is 1. The maximum atomic E-state index is 11.7. The fourth-order valence-corrected chi connectivity index (χ4v) is 2.53. The number of aromatic hydroxyl groups is 1. The second-order valence-electron chi connectivity index (χ2n) is 8.08. The summed E-state index contributed by atoms with van der Waals surface area (Å²) in [4.78, 5) is 11.7. The molecule has 0 aromatic heterocycles. The lowest BCUT2D eigenvalue weighted by atomic mass is 9.77. The summed E-state index contributed by atoms with van der Waals surface area (Å²) in [6.45, 7) is 14.4. The van der Waals surface area contributed by atoms with Crippen LogP contribution in [0.2, 0.25) is 0 Å². The van der Waals surface area contributed by atoms with Gasteiger partial charge < -0.3 is 15.6 Å². The minimum atomic E-state index is -0.447. The lowest BCUT2D eigenvalue weighted by Crippen LogP contribution is -2.22. The van der Waals surface area contributed by atoms with Crippen LogP contribution >= 0.6 is 12.4 Å². The Bertz CT molecular complexity index is 536. The summed E-state index contributed by atoms with van der Waals surface area (Å²) in [5.74, 6) is 0.0137. The molecule has 3 N–H and O–H groups in total. The maximum Gasteiger partial charge on any atom is 0.307 e. The quantitative estimate of drug-likeness (QED) is 0.785. The van der Waals surface area contributed by atoms with Gasteiger partial charge in [-0.05, 0) is 46.6 Å². The Balaban J connectivity index is 0.00000529. The van der Waals surface area contributed by atoms with Crippen molar-refractivity contribution >= 4 is 18.4 Å². The number of phenolic OH excluding ortho intramolecular Hbond substituents is 1. The van der Waals surface area contributed by atoms with Crippen molar-refractivity contribution in [3.63, 3.8) is 0 Å². The Labute approximate surface area is 152 Å². The minimum absolute atomic E-state index is 0. The number of hydrogen-bond donors (Lipinski definition) is 2. The van der Waals surface area contributed by atoms with Crippen molar-refractivity contribution in [1.29, 1.82) is 0 Å². The average Bonchev–Trinajstić information content (AvgIpc) is 2.36. The van der Waals surface area contributed by atoms with Crippen LogP contribution in [0.5, 0.6) is 5.75 Å². The zero-order chi connectivity index (χ0) is 18.0. The number of hydrogen-bond acceptors (Lipinski definition) is 4. The van der Waals surface area contributed by atoms with Gasteiger partial charge in [-0.3, -0.25) is 4.79 Å². The smallest absolute Gasteiger partial charge is 0.307 e. The van der Waals surface area contributed by atoms with Gasteiger partial charge in [0, 0.05) is 6.04 Å². The molecule has 0 amide bonds. The van der Waals surface area contributed by atoms with E-state index in [0.29, 0.717) is 12.4 Å². The number of benzene rings is 1. The number of ether oxygens (including phenoxy) is 1. The number of rotatable bonds is 4.